The van der Waals surface area contributed by atoms with Crippen molar-refractivity contribution in [2.45, 2.75) is 20.8 Å². The monoisotopic (exact) mass is 363 g/mol. The van der Waals surface area contributed by atoms with E-state index in [0.29, 0.717) is 10.0 Å². The number of anilines is 2. The molecule has 0 saturated carbocycles. The van der Waals surface area contributed by atoms with E-state index in [4.69, 9.17) is 23.2 Å². The molecule has 0 amide bonds. The van der Waals surface area contributed by atoms with Crippen molar-refractivity contribution in [3.8, 4) is 0 Å². The van der Waals surface area contributed by atoms with Gasteiger partial charge in [0, 0.05) is 31.4 Å². The summed E-state index contributed by atoms with van der Waals surface area (Å²) in [5.41, 5.74) is 4.94. The van der Waals surface area contributed by atoms with E-state index in [1.807, 2.05) is 50.2 Å². The lowest BCUT2D eigenvalue weighted by atomic mass is 10.1. The lowest BCUT2D eigenvalue weighted by molar-refractivity contribution is 0.552. The van der Waals surface area contributed by atoms with E-state index in [0.717, 1.165) is 34.7 Å². The lowest BCUT2D eigenvalue weighted by Gasteiger charge is -2.24. The second kappa shape index (κ2) is 7.91. The molecule has 0 N–H and O–H groups in total. The van der Waals surface area contributed by atoms with Crippen molar-refractivity contribution in [1.82, 2.24) is 4.90 Å². The first-order valence-corrected chi connectivity index (χ1v) is 8.63. The molecule has 0 aliphatic rings. The second-order valence-corrected chi connectivity index (χ2v) is 6.74. The normalized spacial score (nSPS) is 11.1. The van der Waals surface area contributed by atoms with Crippen LogP contribution in [0.1, 0.15) is 18.1 Å². The molecular weight excluding hydrogens is 341 g/mol. The number of benzene rings is 2. The Bertz CT molecular complexity index is 757. The summed E-state index contributed by atoms with van der Waals surface area (Å²) in [7, 11) is 3.97. The summed E-state index contributed by atoms with van der Waals surface area (Å²) >= 11 is 12.8. The molecule has 0 saturated heterocycles. The Morgan fingerprint density at radius 2 is 1.75 bits per heavy atom. The van der Waals surface area contributed by atoms with Crippen LogP contribution in [0.4, 0.5) is 17.1 Å². The van der Waals surface area contributed by atoms with Gasteiger partial charge < -0.3 is 9.80 Å². The summed E-state index contributed by atoms with van der Waals surface area (Å²) in [5.74, 6) is 0. The average Bonchev–Trinajstić information content (AvgIpc) is 2.56. The highest BCUT2D eigenvalue weighted by molar-refractivity contribution is 6.36. The van der Waals surface area contributed by atoms with Crippen LogP contribution in [-0.2, 0) is 0 Å². The van der Waals surface area contributed by atoms with Crippen LogP contribution in [0.25, 0.3) is 0 Å². The van der Waals surface area contributed by atoms with Crippen LogP contribution in [0, 0.1) is 13.8 Å². The molecule has 0 bridgehead atoms. The second-order valence-electron chi connectivity index (χ2n) is 5.92. The molecular formula is C19H23Cl2N3. The van der Waals surface area contributed by atoms with Gasteiger partial charge in [-0.15, -0.1) is 0 Å². The highest BCUT2D eigenvalue weighted by atomic mass is 35.5. The van der Waals surface area contributed by atoms with E-state index in [1.54, 1.807) is 6.34 Å². The first kappa shape index (κ1) is 18.6. The van der Waals surface area contributed by atoms with Crippen LogP contribution in [0.5, 0.6) is 0 Å². The molecule has 0 aliphatic carbocycles. The van der Waals surface area contributed by atoms with Gasteiger partial charge in [0.15, 0.2) is 0 Å². The van der Waals surface area contributed by atoms with Crippen LogP contribution in [0.3, 0.4) is 0 Å². The largest absolute Gasteiger partial charge is 0.366 e. The van der Waals surface area contributed by atoms with E-state index in [9.17, 15) is 0 Å². The molecule has 5 heteroatoms. The molecule has 0 radical (unpaired) electrons. The molecule has 0 unspecified atom stereocenters. The highest BCUT2D eigenvalue weighted by Gasteiger charge is 2.14. The maximum Gasteiger partial charge on any atom is 0.0910 e. The topological polar surface area (TPSA) is 18.8 Å². The zero-order valence-corrected chi connectivity index (χ0v) is 16.3. The fourth-order valence-electron chi connectivity index (χ4n) is 2.38. The Balaban J connectivity index is 2.48. The van der Waals surface area contributed by atoms with Gasteiger partial charge in [-0.1, -0.05) is 29.3 Å². The van der Waals surface area contributed by atoms with Gasteiger partial charge in [0.2, 0.25) is 0 Å². The standard InChI is InChI=1S/C19H23Cl2N3/c1-6-23(4)12-22-16-9-13(2)10-18(19(16)21)24(5)17-11-15(20)8-7-14(17)3/h7-12H,6H2,1-5H3/b22-12-. The zero-order valence-electron chi connectivity index (χ0n) is 14.8. The van der Waals surface area contributed by atoms with Gasteiger partial charge in [-0.25, -0.2) is 4.99 Å². The fourth-order valence-corrected chi connectivity index (χ4v) is 2.84. The Labute approximate surface area is 154 Å². The van der Waals surface area contributed by atoms with Gasteiger partial charge in [-0.2, -0.15) is 0 Å². The van der Waals surface area contributed by atoms with Crippen molar-refractivity contribution in [1.29, 1.82) is 0 Å². The third-order valence-corrected chi connectivity index (χ3v) is 4.59. The molecule has 24 heavy (non-hydrogen) atoms. The first-order chi connectivity index (χ1) is 11.3. The zero-order chi connectivity index (χ0) is 17.9. The van der Waals surface area contributed by atoms with Crippen LogP contribution < -0.4 is 4.90 Å². The van der Waals surface area contributed by atoms with Crippen molar-refractivity contribution in [3.05, 3.63) is 51.5 Å². The first-order valence-electron chi connectivity index (χ1n) is 7.88. The lowest BCUT2D eigenvalue weighted by Crippen LogP contribution is -2.14. The predicted molar refractivity (Wildman–Crippen MR) is 107 cm³/mol. The van der Waals surface area contributed by atoms with E-state index >= 15 is 0 Å². The molecule has 0 atom stereocenters. The maximum atomic E-state index is 6.64. The number of hydrogen-bond acceptors (Lipinski definition) is 2. The van der Waals surface area contributed by atoms with Crippen molar-refractivity contribution >= 4 is 46.6 Å². The minimum atomic E-state index is 0.628. The summed E-state index contributed by atoms with van der Waals surface area (Å²) in [6, 6.07) is 9.90. The van der Waals surface area contributed by atoms with Crippen LogP contribution in [0.15, 0.2) is 35.3 Å². The Morgan fingerprint density at radius 3 is 2.42 bits per heavy atom. The van der Waals surface area contributed by atoms with Crippen LogP contribution >= 0.6 is 23.2 Å². The van der Waals surface area contributed by atoms with Crippen molar-refractivity contribution in [2.24, 2.45) is 4.99 Å². The molecule has 0 aromatic heterocycles. The minimum Gasteiger partial charge on any atom is -0.366 e. The van der Waals surface area contributed by atoms with Crippen LogP contribution in [0.2, 0.25) is 10.0 Å². The number of hydrogen-bond donors (Lipinski definition) is 0. The number of nitrogens with zero attached hydrogens (tertiary/aromatic N) is 3. The molecule has 128 valence electrons. The molecule has 2 aromatic carbocycles. The van der Waals surface area contributed by atoms with Gasteiger partial charge in [0.1, 0.15) is 0 Å². The Hall–Kier alpha value is -1.71. The van der Waals surface area contributed by atoms with E-state index in [-0.39, 0.29) is 0 Å². The molecule has 0 spiro atoms. The van der Waals surface area contributed by atoms with Gasteiger partial charge in [0.25, 0.3) is 0 Å². The van der Waals surface area contributed by atoms with E-state index < -0.39 is 0 Å². The summed E-state index contributed by atoms with van der Waals surface area (Å²) in [4.78, 5) is 8.59. The molecule has 0 fully saturated rings. The quantitative estimate of drug-likeness (QED) is 0.479. The number of aryl methyl sites for hydroxylation is 2. The van der Waals surface area contributed by atoms with Crippen molar-refractivity contribution in [3.63, 3.8) is 0 Å². The number of aliphatic imine (C=N–C) groups is 1. The number of rotatable bonds is 5. The van der Waals surface area contributed by atoms with Gasteiger partial charge in [0.05, 0.1) is 22.7 Å². The van der Waals surface area contributed by atoms with Gasteiger partial charge >= 0.3 is 0 Å². The molecule has 3 nitrogen and oxygen atoms in total. The molecule has 0 heterocycles. The SMILES string of the molecule is CCN(C)/C=N\c1cc(C)cc(N(C)c2cc(Cl)ccc2C)c1Cl. The summed E-state index contributed by atoms with van der Waals surface area (Å²) in [6.07, 6.45) is 1.80. The van der Waals surface area contributed by atoms with Crippen molar-refractivity contribution < 1.29 is 0 Å². The smallest absolute Gasteiger partial charge is 0.0910 e. The number of halogens is 2. The fraction of sp³-hybridized carbons (Fsp3) is 0.316. The Kier molecular flexibility index (Phi) is 6.14. The predicted octanol–water partition coefficient (Wildman–Crippen LogP) is 5.99. The highest BCUT2D eigenvalue weighted by Crippen LogP contribution is 2.39. The molecule has 0 aliphatic heterocycles. The minimum absolute atomic E-state index is 0.628. The van der Waals surface area contributed by atoms with Gasteiger partial charge in [-0.05, 0) is 56.2 Å². The maximum absolute atomic E-state index is 6.64. The summed E-state index contributed by atoms with van der Waals surface area (Å²) in [5, 5.41) is 1.33. The summed E-state index contributed by atoms with van der Waals surface area (Å²) in [6.45, 7) is 7.06. The van der Waals surface area contributed by atoms with Crippen LogP contribution in [-0.4, -0.2) is 31.9 Å². The van der Waals surface area contributed by atoms with E-state index in [2.05, 4.69) is 29.8 Å². The molecule has 2 aromatic rings. The third-order valence-electron chi connectivity index (χ3n) is 3.97. The average molecular weight is 364 g/mol. The van der Waals surface area contributed by atoms with Crippen molar-refractivity contribution in [2.75, 3.05) is 25.5 Å². The van der Waals surface area contributed by atoms with E-state index in [1.165, 1.54) is 0 Å². The van der Waals surface area contributed by atoms with Gasteiger partial charge in [-0.3, -0.25) is 0 Å². The Morgan fingerprint density at radius 1 is 1.04 bits per heavy atom. The summed E-state index contributed by atoms with van der Waals surface area (Å²) < 4.78 is 0. The third kappa shape index (κ3) is 4.22. The molecule has 2 rings (SSSR count).